The summed E-state index contributed by atoms with van der Waals surface area (Å²) >= 11 is 0. The van der Waals surface area contributed by atoms with Gasteiger partial charge in [0.05, 0.1) is 12.3 Å². The predicted molar refractivity (Wildman–Crippen MR) is 68.1 cm³/mol. The van der Waals surface area contributed by atoms with Gasteiger partial charge in [-0.3, -0.25) is 4.79 Å². The Bertz CT molecular complexity index is 623. The Balaban J connectivity index is 2.01. The van der Waals surface area contributed by atoms with Gasteiger partial charge in [-0.05, 0) is 36.2 Å². The molecule has 0 radical (unpaired) electrons. The first-order valence-corrected chi connectivity index (χ1v) is 6.06. The summed E-state index contributed by atoms with van der Waals surface area (Å²) < 4.78 is 19.3. The minimum atomic E-state index is -0.641. The fraction of sp³-hybridized carbons (Fsp3) is 0.214. The van der Waals surface area contributed by atoms with E-state index in [0.717, 1.165) is 5.56 Å². The van der Waals surface area contributed by atoms with Crippen LogP contribution in [0.15, 0.2) is 34.9 Å². The first-order valence-electron chi connectivity index (χ1n) is 6.06. The van der Waals surface area contributed by atoms with E-state index >= 15 is 0 Å². The van der Waals surface area contributed by atoms with E-state index in [-0.39, 0.29) is 5.91 Å². The lowest BCUT2D eigenvalue weighted by Crippen LogP contribution is -2.21. The molecule has 1 unspecified atom stereocenters. The summed E-state index contributed by atoms with van der Waals surface area (Å²) in [6.45, 7) is 0. The Morgan fingerprint density at radius 2 is 2.21 bits per heavy atom. The van der Waals surface area contributed by atoms with Crippen LogP contribution in [0, 0.1) is 5.82 Å². The van der Waals surface area contributed by atoms with Gasteiger partial charge in [0.1, 0.15) is 11.6 Å². The minimum absolute atomic E-state index is 0.0880. The molecular weight excluding hydrogens is 247 g/mol. The van der Waals surface area contributed by atoms with E-state index in [0.29, 0.717) is 29.9 Å². The van der Waals surface area contributed by atoms with E-state index in [1.165, 1.54) is 12.3 Å². The van der Waals surface area contributed by atoms with Crippen LogP contribution in [-0.2, 0) is 11.2 Å². The van der Waals surface area contributed by atoms with Crippen molar-refractivity contribution in [1.82, 2.24) is 0 Å². The number of furan rings is 1. The summed E-state index contributed by atoms with van der Waals surface area (Å²) in [5, 5.41) is 2.66. The molecule has 1 amide bonds. The number of hydrogen-bond acceptors (Lipinski definition) is 3. The Morgan fingerprint density at radius 3 is 2.95 bits per heavy atom. The molecule has 3 rings (SSSR count). The largest absolute Gasteiger partial charge is 0.467 e. The third-order valence-corrected chi connectivity index (χ3v) is 3.30. The van der Waals surface area contributed by atoms with Crippen LogP contribution >= 0.6 is 0 Å². The molecule has 0 fully saturated rings. The van der Waals surface area contributed by atoms with Crippen LogP contribution in [0.5, 0.6) is 0 Å². The van der Waals surface area contributed by atoms with E-state index in [1.54, 1.807) is 18.2 Å². The fourth-order valence-corrected chi connectivity index (χ4v) is 2.28. The highest BCUT2D eigenvalue weighted by molar-refractivity contribution is 5.93. The van der Waals surface area contributed by atoms with Gasteiger partial charge in [0.25, 0.3) is 0 Å². The van der Waals surface area contributed by atoms with Crippen LogP contribution in [0.4, 0.5) is 10.1 Å². The number of anilines is 1. The second-order valence-corrected chi connectivity index (χ2v) is 4.57. The van der Waals surface area contributed by atoms with Gasteiger partial charge in [0.2, 0.25) is 5.91 Å². The van der Waals surface area contributed by atoms with E-state index in [9.17, 15) is 9.18 Å². The van der Waals surface area contributed by atoms with Crippen molar-refractivity contribution in [2.75, 3.05) is 5.32 Å². The number of hydrogen-bond donors (Lipinski definition) is 2. The van der Waals surface area contributed by atoms with Crippen molar-refractivity contribution in [1.29, 1.82) is 0 Å². The van der Waals surface area contributed by atoms with E-state index in [1.807, 2.05) is 0 Å². The third kappa shape index (κ3) is 2.13. The number of rotatable bonds is 2. The summed E-state index contributed by atoms with van der Waals surface area (Å²) in [5.74, 6) is -0.0153. The zero-order valence-corrected chi connectivity index (χ0v) is 10.2. The normalized spacial score (nSPS) is 15.8. The zero-order valence-electron chi connectivity index (χ0n) is 10.2. The van der Waals surface area contributed by atoms with Crippen molar-refractivity contribution < 1.29 is 13.6 Å². The standard InChI is InChI=1S/C14H13FN2O2/c15-10-7-11-8(3-4-13(18)17-11)6-9(10)14(16)12-2-1-5-19-12/h1-2,5-7,14H,3-4,16H2,(H,17,18). The van der Waals surface area contributed by atoms with Crippen molar-refractivity contribution in [2.24, 2.45) is 5.73 Å². The van der Waals surface area contributed by atoms with Gasteiger partial charge in [-0.25, -0.2) is 4.39 Å². The number of nitrogens with two attached hydrogens (primary N) is 1. The van der Waals surface area contributed by atoms with Gasteiger partial charge in [-0.2, -0.15) is 0 Å². The highest BCUT2D eigenvalue weighted by Crippen LogP contribution is 2.30. The van der Waals surface area contributed by atoms with Crippen molar-refractivity contribution in [3.8, 4) is 0 Å². The average molecular weight is 260 g/mol. The first-order chi connectivity index (χ1) is 9.15. The maximum Gasteiger partial charge on any atom is 0.224 e. The maximum atomic E-state index is 14.1. The molecule has 0 saturated heterocycles. The molecule has 98 valence electrons. The maximum absolute atomic E-state index is 14.1. The number of halogens is 1. The molecule has 5 heteroatoms. The Hall–Kier alpha value is -2.14. The monoisotopic (exact) mass is 260 g/mol. The molecule has 2 aromatic rings. The van der Waals surface area contributed by atoms with Gasteiger partial charge in [-0.1, -0.05) is 0 Å². The third-order valence-electron chi connectivity index (χ3n) is 3.30. The summed E-state index contributed by atoms with van der Waals surface area (Å²) in [6.07, 6.45) is 2.51. The van der Waals surface area contributed by atoms with E-state index in [4.69, 9.17) is 10.2 Å². The summed E-state index contributed by atoms with van der Waals surface area (Å²) in [5.41, 5.74) is 7.81. The number of amides is 1. The molecule has 2 heterocycles. The Morgan fingerprint density at radius 1 is 1.37 bits per heavy atom. The molecule has 0 bridgehead atoms. The SMILES string of the molecule is NC(c1ccco1)c1cc2c(cc1F)NC(=O)CC2. The van der Waals surface area contributed by atoms with Gasteiger partial charge in [-0.15, -0.1) is 0 Å². The predicted octanol–water partition coefficient (Wildman–Crippen LogP) is 2.35. The molecule has 0 saturated carbocycles. The molecule has 3 N–H and O–H groups in total. The fourth-order valence-electron chi connectivity index (χ4n) is 2.28. The van der Waals surface area contributed by atoms with E-state index in [2.05, 4.69) is 5.32 Å². The highest BCUT2D eigenvalue weighted by Gasteiger charge is 2.22. The number of benzene rings is 1. The summed E-state index contributed by atoms with van der Waals surface area (Å²) in [4.78, 5) is 11.3. The quantitative estimate of drug-likeness (QED) is 0.870. The van der Waals surface area contributed by atoms with Crippen LogP contribution in [0.3, 0.4) is 0 Å². The minimum Gasteiger partial charge on any atom is -0.467 e. The van der Waals surface area contributed by atoms with Gasteiger partial charge in [0, 0.05) is 17.7 Å². The first kappa shape index (κ1) is 11.9. The Labute approximate surface area is 109 Å². The lowest BCUT2D eigenvalue weighted by atomic mass is 9.96. The lowest BCUT2D eigenvalue weighted by Gasteiger charge is -2.20. The number of carbonyl (C=O) groups excluding carboxylic acids is 1. The second kappa shape index (κ2) is 4.51. The van der Waals surface area contributed by atoms with Crippen molar-refractivity contribution >= 4 is 11.6 Å². The summed E-state index contributed by atoms with van der Waals surface area (Å²) in [7, 11) is 0. The van der Waals surface area contributed by atoms with Gasteiger partial charge >= 0.3 is 0 Å². The molecule has 1 aromatic heterocycles. The number of carbonyl (C=O) groups is 1. The number of fused-ring (bicyclic) bond motifs is 1. The highest BCUT2D eigenvalue weighted by atomic mass is 19.1. The molecule has 19 heavy (non-hydrogen) atoms. The summed E-state index contributed by atoms with van der Waals surface area (Å²) in [6, 6.07) is 5.82. The molecule has 1 aliphatic rings. The van der Waals surface area contributed by atoms with Crippen LogP contribution in [0.2, 0.25) is 0 Å². The molecule has 0 aliphatic carbocycles. The van der Waals surface area contributed by atoms with Crippen molar-refractivity contribution in [2.45, 2.75) is 18.9 Å². The van der Waals surface area contributed by atoms with Crippen LogP contribution in [-0.4, -0.2) is 5.91 Å². The molecule has 4 nitrogen and oxygen atoms in total. The van der Waals surface area contributed by atoms with Gasteiger partial charge in [0.15, 0.2) is 0 Å². The van der Waals surface area contributed by atoms with Crippen molar-refractivity contribution in [3.05, 3.63) is 53.2 Å². The second-order valence-electron chi connectivity index (χ2n) is 4.57. The molecule has 1 aliphatic heterocycles. The van der Waals surface area contributed by atoms with Crippen molar-refractivity contribution in [3.63, 3.8) is 0 Å². The van der Waals surface area contributed by atoms with Gasteiger partial charge < -0.3 is 15.5 Å². The number of nitrogens with one attached hydrogen (secondary N) is 1. The number of aryl methyl sites for hydroxylation is 1. The van der Waals surface area contributed by atoms with Crippen LogP contribution in [0.25, 0.3) is 0 Å². The van der Waals surface area contributed by atoms with Crippen LogP contribution < -0.4 is 11.1 Å². The lowest BCUT2D eigenvalue weighted by molar-refractivity contribution is -0.116. The molecule has 1 aromatic carbocycles. The zero-order chi connectivity index (χ0) is 13.4. The smallest absolute Gasteiger partial charge is 0.224 e. The topological polar surface area (TPSA) is 68.3 Å². The van der Waals surface area contributed by atoms with Crippen LogP contribution in [0.1, 0.15) is 29.3 Å². The molecular formula is C14H13FN2O2. The average Bonchev–Trinajstić information content (AvgIpc) is 2.91. The molecule has 0 spiro atoms. The Kier molecular flexibility index (Phi) is 2.83. The molecule has 1 atom stereocenters. The van der Waals surface area contributed by atoms with E-state index < -0.39 is 11.9 Å².